The maximum atomic E-state index is 11.9. The molecule has 0 saturated heterocycles. The van der Waals surface area contributed by atoms with E-state index in [1.165, 1.54) is 4.90 Å². The Morgan fingerprint density at radius 3 is 2.40 bits per heavy atom. The molecular weight excluding hydrogens is 188 g/mol. The summed E-state index contributed by atoms with van der Waals surface area (Å²) in [6.07, 6.45) is 7.15. The fourth-order valence-corrected chi connectivity index (χ4v) is 1.24. The maximum Gasteiger partial charge on any atom is 0.328 e. The Bertz CT molecular complexity index is 224. The van der Waals surface area contributed by atoms with Crippen LogP contribution in [0.5, 0.6) is 0 Å². The first-order valence-electron chi connectivity index (χ1n) is 5.57. The third-order valence-corrected chi connectivity index (χ3v) is 2.07. The van der Waals surface area contributed by atoms with Crippen LogP contribution in [0.3, 0.4) is 0 Å². The molecule has 0 atom stereocenters. The van der Waals surface area contributed by atoms with Gasteiger partial charge in [0.15, 0.2) is 0 Å². The highest BCUT2D eigenvalue weighted by atomic mass is 16.2. The quantitative estimate of drug-likeness (QED) is 0.660. The smallest absolute Gasteiger partial charge is 0.324 e. The van der Waals surface area contributed by atoms with Crippen molar-refractivity contribution < 1.29 is 4.79 Å². The van der Waals surface area contributed by atoms with Gasteiger partial charge >= 0.3 is 6.03 Å². The van der Waals surface area contributed by atoms with Crippen molar-refractivity contribution in [3.63, 3.8) is 0 Å². The molecule has 0 radical (unpaired) electrons. The molecule has 0 aromatic heterocycles. The standard InChI is InChI=1S/C12H22N2O/c1-5-9-11-14(8-4)12(15)13(7-3)10-6-2/h8-9,11H,4-7,10H2,1-3H3/b11-9-. The number of allylic oxidation sites excluding steroid dienone is 1. The maximum absolute atomic E-state index is 11.9. The Balaban J connectivity index is 4.46. The van der Waals surface area contributed by atoms with Gasteiger partial charge < -0.3 is 4.90 Å². The van der Waals surface area contributed by atoms with Crippen LogP contribution in [-0.2, 0) is 0 Å². The van der Waals surface area contributed by atoms with Crippen molar-refractivity contribution in [1.82, 2.24) is 9.80 Å². The van der Waals surface area contributed by atoms with E-state index in [1.807, 2.05) is 24.8 Å². The molecule has 0 aliphatic carbocycles. The molecule has 2 amide bonds. The molecule has 0 aliphatic heterocycles. The van der Waals surface area contributed by atoms with E-state index in [0.29, 0.717) is 0 Å². The summed E-state index contributed by atoms with van der Waals surface area (Å²) >= 11 is 0. The number of carbonyl (C=O) groups excluding carboxylic acids is 1. The van der Waals surface area contributed by atoms with E-state index in [1.54, 1.807) is 12.4 Å². The van der Waals surface area contributed by atoms with E-state index in [2.05, 4.69) is 13.5 Å². The van der Waals surface area contributed by atoms with Gasteiger partial charge in [-0.1, -0.05) is 26.5 Å². The van der Waals surface area contributed by atoms with Gasteiger partial charge in [-0.15, -0.1) is 0 Å². The van der Waals surface area contributed by atoms with Gasteiger partial charge in [-0.25, -0.2) is 4.79 Å². The lowest BCUT2D eigenvalue weighted by atomic mass is 10.4. The van der Waals surface area contributed by atoms with E-state index < -0.39 is 0 Å². The molecule has 0 unspecified atom stereocenters. The highest BCUT2D eigenvalue weighted by molar-refractivity contribution is 5.76. The van der Waals surface area contributed by atoms with E-state index in [9.17, 15) is 4.79 Å². The van der Waals surface area contributed by atoms with Crippen molar-refractivity contribution in [1.29, 1.82) is 0 Å². The first-order chi connectivity index (χ1) is 7.21. The van der Waals surface area contributed by atoms with Crippen molar-refractivity contribution in [3.8, 4) is 0 Å². The summed E-state index contributed by atoms with van der Waals surface area (Å²) < 4.78 is 0. The zero-order valence-corrected chi connectivity index (χ0v) is 10.1. The van der Waals surface area contributed by atoms with Crippen LogP contribution in [0.15, 0.2) is 25.1 Å². The molecule has 0 N–H and O–H groups in total. The third kappa shape index (κ3) is 4.68. The third-order valence-electron chi connectivity index (χ3n) is 2.07. The summed E-state index contributed by atoms with van der Waals surface area (Å²) in [7, 11) is 0. The Labute approximate surface area is 93.1 Å². The largest absolute Gasteiger partial charge is 0.328 e. The van der Waals surface area contributed by atoms with E-state index in [0.717, 1.165) is 25.9 Å². The number of nitrogens with zero attached hydrogens (tertiary/aromatic N) is 2. The molecule has 0 rings (SSSR count). The van der Waals surface area contributed by atoms with E-state index in [4.69, 9.17) is 0 Å². The van der Waals surface area contributed by atoms with Gasteiger partial charge in [0.2, 0.25) is 0 Å². The lowest BCUT2D eigenvalue weighted by Gasteiger charge is -2.25. The minimum atomic E-state index is -0.000880. The Morgan fingerprint density at radius 2 is 2.00 bits per heavy atom. The average molecular weight is 210 g/mol. The molecule has 0 bridgehead atoms. The van der Waals surface area contributed by atoms with Crippen molar-refractivity contribution in [2.45, 2.75) is 33.6 Å². The fourth-order valence-electron chi connectivity index (χ4n) is 1.24. The Hall–Kier alpha value is -1.25. The number of urea groups is 1. The molecule has 0 saturated carbocycles. The lowest BCUT2D eigenvalue weighted by Crippen LogP contribution is -2.38. The van der Waals surface area contributed by atoms with Gasteiger partial charge in [-0.3, -0.25) is 4.90 Å². The first kappa shape index (κ1) is 13.8. The van der Waals surface area contributed by atoms with Crippen LogP contribution in [0.25, 0.3) is 0 Å². The predicted molar refractivity (Wildman–Crippen MR) is 64.4 cm³/mol. The normalized spacial score (nSPS) is 10.3. The predicted octanol–water partition coefficient (Wildman–Crippen LogP) is 3.21. The van der Waals surface area contributed by atoms with Crippen LogP contribution in [0.1, 0.15) is 33.6 Å². The summed E-state index contributed by atoms with van der Waals surface area (Å²) in [6, 6.07) is -0.000880. The molecule has 3 nitrogen and oxygen atoms in total. The minimum Gasteiger partial charge on any atom is -0.324 e. The molecule has 0 aliphatic rings. The number of carbonyl (C=O) groups is 1. The van der Waals surface area contributed by atoms with Crippen LogP contribution in [-0.4, -0.2) is 28.9 Å². The van der Waals surface area contributed by atoms with Crippen LogP contribution >= 0.6 is 0 Å². The fraction of sp³-hybridized carbons (Fsp3) is 0.583. The molecule has 15 heavy (non-hydrogen) atoms. The van der Waals surface area contributed by atoms with Gasteiger partial charge in [0.05, 0.1) is 0 Å². The minimum absolute atomic E-state index is 0.000880. The SMILES string of the molecule is C=CN(/C=C\CC)C(=O)N(CC)CCC. The molecule has 0 fully saturated rings. The second-order valence-corrected chi connectivity index (χ2v) is 3.25. The number of hydrogen-bond donors (Lipinski definition) is 0. The first-order valence-corrected chi connectivity index (χ1v) is 5.57. The van der Waals surface area contributed by atoms with E-state index >= 15 is 0 Å². The van der Waals surface area contributed by atoms with Crippen LogP contribution < -0.4 is 0 Å². The number of rotatable bonds is 6. The monoisotopic (exact) mass is 210 g/mol. The van der Waals surface area contributed by atoms with Crippen LogP contribution in [0, 0.1) is 0 Å². The zero-order valence-electron chi connectivity index (χ0n) is 10.1. The van der Waals surface area contributed by atoms with Crippen LogP contribution in [0.4, 0.5) is 4.79 Å². The average Bonchev–Trinajstić information content (AvgIpc) is 2.26. The van der Waals surface area contributed by atoms with Gasteiger partial charge in [0.1, 0.15) is 0 Å². The van der Waals surface area contributed by atoms with Crippen molar-refractivity contribution in [2.75, 3.05) is 13.1 Å². The molecule has 0 aromatic carbocycles. The molecular formula is C12H22N2O. The van der Waals surface area contributed by atoms with Gasteiger partial charge in [-0.2, -0.15) is 0 Å². The van der Waals surface area contributed by atoms with Crippen molar-refractivity contribution in [3.05, 3.63) is 25.1 Å². The summed E-state index contributed by atoms with van der Waals surface area (Å²) in [6.45, 7) is 11.2. The molecule has 3 heteroatoms. The van der Waals surface area contributed by atoms with Crippen molar-refractivity contribution in [2.24, 2.45) is 0 Å². The Morgan fingerprint density at radius 1 is 1.33 bits per heavy atom. The van der Waals surface area contributed by atoms with Gasteiger partial charge in [-0.05, 0) is 19.8 Å². The Kier molecular flexibility index (Phi) is 7.42. The second-order valence-electron chi connectivity index (χ2n) is 3.25. The highest BCUT2D eigenvalue weighted by Gasteiger charge is 2.14. The summed E-state index contributed by atoms with van der Waals surface area (Å²) in [5.74, 6) is 0. The van der Waals surface area contributed by atoms with Gasteiger partial charge in [0, 0.05) is 25.5 Å². The summed E-state index contributed by atoms with van der Waals surface area (Å²) in [5, 5.41) is 0. The van der Waals surface area contributed by atoms with Gasteiger partial charge in [0.25, 0.3) is 0 Å². The number of amides is 2. The van der Waals surface area contributed by atoms with Crippen LogP contribution in [0.2, 0.25) is 0 Å². The summed E-state index contributed by atoms with van der Waals surface area (Å²) in [5.41, 5.74) is 0. The van der Waals surface area contributed by atoms with E-state index in [-0.39, 0.29) is 6.03 Å². The molecule has 0 heterocycles. The molecule has 86 valence electrons. The topological polar surface area (TPSA) is 23.6 Å². The molecule has 0 aromatic rings. The number of hydrogen-bond acceptors (Lipinski definition) is 1. The highest BCUT2D eigenvalue weighted by Crippen LogP contribution is 2.02. The summed E-state index contributed by atoms with van der Waals surface area (Å²) in [4.78, 5) is 15.3. The molecule has 0 spiro atoms. The van der Waals surface area contributed by atoms with Crippen molar-refractivity contribution >= 4 is 6.03 Å². The second kappa shape index (κ2) is 8.09. The lowest BCUT2D eigenvalue weighted by molar-refractivity contribution is 0.183. The zero-order chi connectivity index (χ0) is 11.7.